The summed E-state index contributed by atoms with van der Waals surface area (Å²) in [5.41, 5.74) is 2.95. The zero-order valence-electron chi connectivity index (χ0n) is 16.3. The van der Waals surface area contributed by atoms with E-state index in [4.69, 9.17) is 14.0 Å². The van der Waals surface area contributed by atoms with Gasteiger partial charge in [0.2, 0.25) is 17.2 Å². The minimum absolute atomic E-state index is 0.115. The van der Waals surface area contributed by atoms with Gasteiger partial charge in [-0.05, 0) is 41.5 Å². The van der Waals surface area contributed by atoms with Crippen LogP contribution in [0, 0.1) is 5.82 Å². The molecule has 2 N–H and O–H groups in total. The zero-order valence-corrected chi connectivity index (χ0v) is 17.1. The highest BCUT2D eigenvalue weighted by Gasteiger charge is 2.32. The van der Waals surface area contributed by atoms with Gasteiger partial charge >= 0.3 is 0 Å². The SMILES string of the molecule is O=S(O)NCc1cccc(C(c2ccc(F)cc2)C(c2cccnc2)c2ncco2)n1. The second kappa shape index (κ2) is 9.69. The number of oxazole rings is 1. The molecule has 0 bridgehead atoms. The minimum atomic E-state index is -2.15. The summed E-state index contributed by atoms with van der Waals surface area (Å²) >= 11 is -2.15. The van der Waals surface area contributed by atoms with E-state index in [0.29, 0.717) is 17.3 Å². The first kappa shape index (κ1) is 21.0. The third-order valence-electron chi connectivity index (χ3n) is 4.85. The molecule has 0 spiro atoms. The fourth-order valence-corrected chi connectivity index (χ4v) is 3.81. The quantitative estimate of drug-likeness (QED) is 0.406. The first-order chi connectivity index (χ1) is 15.1. The van der Waals surface area contributed by atoms with Crippen molar-refractivity contribution in [1.29, 1.82) is 0 Å². The van der Waals surface area contributed by atoms with Gasteiger partial charge in [-0.25, -0.2) is 18.3 Å². The highest BCUT2D eigenvalue weighted by Crippen LogP contribution is 2.41. The highest BCUT2D eigenvalue weighted by molar-refractivity contribution is 7.77. The maximum atomic E-state index is 13.7. The van der Waals surface area contributed by atoms with Crippen molar-refractivity contribution < 1.29 is 17.6 Å². The number of pyridine rings is 2. The Balaban J connectivity index is 1.85. The Morgan fingerprint density at radius 1 is 1.03 bits per heavy atom. The standard InChI is InChI=1S/C22H19FN4O3S/c23-17-8-6-15(7-9-17)20(19-5-1-4-18(27-19)14-26-31(28)29)21(22-25-11-12-30-22)16-3-2-10-24-13-16/h1-13,20-21,26H,14H2,(H,28,29). The predicted octanol–water partition coefficient (Wildman–Crippen LogP) is 3.79. The molecule has 3 atom stereocenters. The summed E-state index contributed by atoms with van der Waals surface area (Å²) in [7, 11) is 0. The van der Waals surface area contributed by atoms with Crippen LogP contribution in [0.15, 0.2) is 83.9 Å². The van der Waals surface area contributed by atoms with Crippen LogP contribution in [0.1, 0.15) is 40.2 Å². The zero-order chi connectivity index (χ0) is 21.6. The van der Waals surface area contributed by atoms with Gasteiger partial charge in [0.1, 0.15) is 12.1 Å². The predicted molar refractivity (Wildman–Crippen MR) is 113 cm³/mol. The Morgan fingerprint density at radius 3 is 2.55 bits per heavy atom. The lowest BCUT2D eigenvalue weighted by Gasteiger charge is -2.26. The number of hydrogen-bond donors (Lipinski definition) is 2. The summed E-state index contributed by atoms with van der Waals surface area (Å²) in [5.74, 6) is -0.614. The second-order valence-corrected chi connectivity index (χ2v) is 7.57. The maximum absolute atomic E-state index is 13.7. The number of benzene rings is 1. The maximum Gasteiger partial charge on any atom is 0.232 e. The lowest BCUT2D eigenvalue weighted by atomic mass is 9.79. The molecule has 4 rings (SSSR count). The molecule has 4 aromatic rings. The van der Waals surface area contributed by atoms with E-state index in [0.717, 1.165) is 11.1 Å². The molecule has 0 saturated heterocycles. The number of hydrogen-bond acceptors (Lipinski definition) is 5. The molecule has 3 unspecified atom stereocenters. The number of nitrogens with zero attached hydrogens (tertiary/aromatic N) is 3. The van der Waals surface area contributed by atoms with Gasteiger partial charge in [0.05, 0.1) is 24.4 Å². The number of aromatic nitrogens is 3. The third-order valence-corrected chi connectivity index (χ3v) is 5.24. The summed E-state index contributed by atoms with van der Waals surface area (Å²) in [6.07, 6.45) is 6.50. The van der Waals surface area contributed by atoms with Crippen LogP contribution in [-0.2, 0) is 17.8 Å². The molecule has 1 aromatic carbocycles. The lowest BCUT2D eigenvalue weighted by Crippen LogP contribution is -2.19. The van der Waals surface area contributed by atoms with Crippen molar-refractivity contribution >= 4 is 11.3 Å². The van der Waals surface area contributed by atoms with Crippen LogP contribution >= 0.6 is 0 Å². The molecule has 0 aliphatic rings. The van der Waals surface area contributed by atoms with Gasteiger partial charge in [-0.15, -0.1) is 0 Å². The van der Waals surface area contributed by atoms with Crippen LogP contribution in [0.4, 0.5) is 4.39 Å². The fraction of sp³-hybridized carbons (Fsp3) is 0.136. The van der Waals surface area contributed by atoms with Gasteiger partial charge in [-0.2, -0.15) is 0 Å². The first-order valence-electron chi connectivity index (χ1n) is 9.47. The van der Waals surface area contributed by atoms with Gasteiger partial charge in [-0.3, -0.25) is 14.5 Å². The topological polar surface area (TPSA) is 101 Å². The molecule has 7 nitrogen and oxygen atoms in total. The van der Waals surface area contributed by atoms with Crippen molar-refractivity contribution in [3.63, 3.8) is 0 Å². The van der Waals surface area contributed by atoms with E-state index >= 15 is 0 Å². The molecule has 3 aromatic heterocycles. The highest BCUT2D eigenvalue weighted by atomic mass is 32.2. The molecule has 0 aliphatic heterocycles. The molecule has 0 aliphatic carbocycles. The van der Waals surface area contributed by atoms with Crippen molar-refractivity contribution in [3.8, 4) is 0 Å². The van der Waals surface area contributed by atoms with E-state index < -0.39 is 11.3 Å². The number of halogens is 1. The molecule has 9 heteroatoms. The van der Waals surface area contributed by atoms with Crippen molar-refractivity contribution in [2.45, 2.75) is 18.4 Å². The van der Waals surface area contributed by atoms with E-state index in [1.165, 1.54) is 18.4 Å². The molecule has 0 radical (unpaired) electrons. The van der Waals surface area contributed by atoms with E-state index in [1.807, 2.05) is 24.3 Å². The summed E-state index contributed by atoms with van der Waals surface area (Å²) in [4.78, 5) is 13.3. The van der Waals surface area contributed by atoms with Gasteiger partial charge < -0.3 is 4.42 Å². The summed E-state index contributed by atoms with van der Waals surface area (Å²) in [5, 5.41) is 0. The summed E-state index contributed by atoms with van der Waals surface area (Å²) in [6, 6.07) is 15.4. The van der Waals surface area contributed by atoms with E-state index in [2.05, 4.69) is 14.7 Å². The molecule has 0 saturated carbocycles. The Bertz CT molecular complexity index is 1140. The molecule has 0 fully saturated rings. The van der Waals surface area contributed by atoms with Crippen molar-refractivity contribution in [1.82, 2.24) is 19.7 Å². The molecule has 0 amide bonds. The largest absolute Gasteiger partial charge is 0.448 e. The Hall–Kier alpha value is -3.27. The van der Waals surface area contributed by atoms with Crippen LogP contribution in [0.2, 0.25) is 0 Å². The summed E-state index contributed by atoms with van der Waals surface area (Å²) in [6.45, 7) is 0.115. The average Bonchev–Trinajstić information content (AvgIpc) is 3.32. The van der Waals surface area contributed by atoms with Crippen LogP contribution < -0.4 is 4.72 Å². The van der Waals surface area contributed by atoms with E-state index in [9.17, 15) is 8.60 Å². The first-order valence-corrected chi connectivity index (χ1v) is 10.6. The van der Waals surface area contributed by atoms with Crippen LogP contribution in [0.25, 0.3) is 0 Å². The molecular formula is C22H19FN4O3S. The van der Waals surface area contributed by atoms with Gasteiger partial charge in [0.25, 0.3) is 0 Å². The van der Waals surface area contributed by atoms with Crippen molar-refractivity contribution in [2.75, 3.05) is 0 Å². The van der Waals surface area contributed by atoms with Crippen molar-refractivity contribution in [3.05, 3.63) is 114 Å². The Morgan fingerprint density at radius 2 is 1.87 bits per heavy atom. The average molecular weight is 438 g/mol. The van der Waals surface area contributed by atoms with Gasteiger partial charge in [0, 0.05) is 24.0 Å². The van der Waals surface area contributed by atoms with Crippen molar-refractivity contribution in [2.24, 2.45) is 0 Å². The minimum Gasteiger partial charge on any atom is -0.448 e. The fourth-order valence-electron chi connectivity index (χ4n) is 3.54. The lowest BCUT2D eigenvalue weighted by molar-refractivity contribution is 0.448. The van der Waals surface area contributed by atoms with Gasteiger partial charge in [-0.1, -0.05) is 24.3 Å². The Labute approximate surface area is 180 Å². The third kappa shape index (κ3) is 5.08. The summed E-state index contributed by atoms with van der Waals surface area (Å²) < 4.78 is 41.8. The van der Waals surface area contributed by atoms with E-state index in [1.54, 1.807) is 36.8 Å². The smallest absolute Gasteiger partial charge is 0.232 e. The molecule has 31 heavy (non-hydrogen) atoms. The Kier molecular flexibility index (Phi) is 6.56. The number of nitrogens with one attached hydrogen (secondary N) is 1. The monoisotopic (exact) mass is 438 g/mol. The molecular weight excluding hydrogens is 419 g/mol. The van der Waals surface area contributed by atoms with Crippen LogP contribution in [0.5, 0.6) is 0 Å². The second-order valence-electron chi connectivity index (χ2n) is 6.79. The van der Waals surface area contributed by atoms with Crippen LogP contribution in [0.3, 0.4) is 0 Å². The van der Waals surface area contributed by atoms with Gasteiger partial charge in [0.15, 0.2) is 0 Å². The molecule has 3 heterocycles. The van der Waals surface area contributed by atoms with Crippen LogP contribution in [-0.4, -0.2) is 23.7 Å². The normalized spacial score (nSPS) is 14.1. The number of rotatable bonds is 8. The van der Waals surface area contributed by atoms with E-state index in [-0.39, 0.29) is 24.2 Å². The molecule has 158 valence electrons.